The first-order chi connectivity index (χ1) is 12.8. The minimum absolute atomic E-state index is 0.324. The Hall–Kier alpha value is -2.45. The molecule has 0 amide bonds. The Morgan fingerprint density at radius 1 is 1.11 bits per heavy atom. The molecular weight excluding hydrogens is 358 g/mol. The summed E-state index contributed by atoms with van der Waals surface area (Å²) < 4.78 is 30.5. The van der Waals surface area contributed by atoms with Gasteiger partial charge in [-0.1, -0.05) is 37.8 Å². The van der Waals surface area contributed by atoms with Gasteiger partial charge in [-0.25, -0.2) is 8.78 Å². The van der Waals surface area contributed by atoms with E-state index in [1.165, 1.54) is 12.1 Å². The molecule has 0 spiro atoms. The molecular formula is C22H22F2N2Si. The third-order valence-corrected chi connectivity index (χ3v) is 5.82. The van der Waals surface area contributed by atoms with Crippen LogP contribution in [0.25, 0.3) is 10.9 Å². The van der Waals surface area contributed by atoms with E-state index in [9.17, 15) is 8.78 Å². The molecule has 1 aliphatic rings. The van der Waals surface area contributed by atoms with Gasteiger partial charge < -0.3 is 0 Å². The Bertz CT molecular complexity index is 1030. The molecule has 0 N–H and O–H groups in total. The van der Waals surface area contributed by atoms with Gasteiger partial charge in [-0.05, 0) is 37.1 Å². The molecule has 0 saturated heterocycles. The molecule has 1 heterocycles. The quantitative estimate of drug-likeness (QED) is 0.429. The second-order valence-electron chi connectivity index (χ2n) is 8.39. The fraction of sp³-hybridized carbons (Fsp3) is 0.318. The molecule has 5 heteroatoms. The number of hydrogen-bond donors (Lipinski definition) is 0. The molecule has 1 aromatic heterocycles. The standard InChI is InChI=1S/C22H22F2N2Si/c1-27(2,3)13-12-22(10-11-22)21(18-14-17(23)8-9-19(18)24)26-15-16-6-4-5-7-20(16)25-26/h4-9,14-15,21H,10-11H2,1-3H3. The van der Waals surface area contributed by atoms with Gasteiger partial charge in [-0.3, -0.25) is 4.68 Å². The summed E-state index contributed by atoms with van der Waals surface area (Å²) in [7, 11) is -1.59. The van der Waals surface area contributed by atoms with E-state index >= 15 is 0 Å². The fourth-order valence-electron chi connectivity index (χ4n) is 3.45. The van der Waals surface area contributed by atoms with Crippen molar-refractivity contribution in [1.29, 1.82) is 0 Å². The smallest absolute Gasteiger partial charge is 0.129 e. The Morgan fingerprint density at radius 2 is 1.85 bits per heavy atom. The predicted octanol–water partition coefficient (Wildman–Crippen LogP) is 5.56. The Balaban J connectivity index is 1.90. The molecule has 0 radical (unpaired) electrons. The van der Waals surface area contributed by atoms with Gasteiger partial charge in [-0.2, -0.15) is 5.10 Å². The summed E-state index contributed by atoms with van der Waals surface area (Å²) in [6, 6.07) is 11.0. The van der Waals surface area contributed by atoms with Gasteiger partial charge in [0.2, 0.25) is 0 Å². The van der Waals surface area contributed by atoms with Crippen molar-refractivity contribution in [3.05, 3.63) is 65.9 Å². The van der Waals surface area contributed by atoms with Crippen LogP contribution in [0, 0.1) is 28.5 Å². The van der Waals surface area contributed by atoms with Crippen LogP contribution in [0.3, 0.4) is 0 Å². The summed E-state index contributed by atoms with van der Waals surface area (Å²) in [5.41, 5.74) is 4.22. The van der Waals surface area contributed by atoms with Crippen LogP contribution < -0.4 is 0 Å². The van der Waals surface area contributed by atoms with Gasteiger partial charge in [-0.15, -0.1) is 11.5 Å². The number of nitrogens with zero attached hydrogens (tertiary/aromatic N) is 2. The van der Waals surface area contributed by atoms with Crippen LogP contribution in [0.2, 0.25) is 19.6 Å². The Kier molecular flexibility index (Phi) is 4.19. The molecule has 1 atom stereocenters. The lowest BCUT2D eigenvalue weighted by Gasteiger charge is -2.25. The molecule has 1 aliphatic carbocycles. The molecule has 1 saturated carbocycles. The molecule has 138 valence electrons. The highest BCUT2D eigenvalue weighted by Crippen LogP contribution is 2.56. The molecule has 4 rings (SSSR count). The van der Waals surface area contributed by atoms with Crippen LogP contribution >= 0.6 is 0 Å². The zero-order valence-electron chi connectivity index (χ0n) is 15.8. The van der Waals surface area contributed by atoms with Crippen LogP contribution in [0.15, 0.2) is 48.7 Å². The third-order valence-electron chi connectivity index (χ3n) is 4.95. The van der Waals surface area contributed by atoms with E-state index in [1.807, 2.05) is 30.5 Å². The lowest BCUT2D eigenvalue weighted by atomic mass is 9.90. The zero-order valence-corrected chi connectivity index (χ0v) is 16.8. The number of hydrogen-bond acceptors (Lipinski definition) is 1. The number of halogens is 2. The monoisotopic (exact) mass is 380 g/mol. The molecule has 0 bridgehead atoms. The van der Waals surface area contributed by atoms with E-state index < -0.39 is 31.2 Å². The number of rotatable bonds is 3. The van der Waals surface area contributed by atoms with E-state index in [1.54, 1.807) is 4.68 Å². The first-order valence-electron chi connectivity index (χ1n) is 9.21. The lowest BCUT2D eigenvalue weighted by molar-refractivity contribution is 0.390. The topological polar surface area (TPSA) is 17.8 Å². The predicted molar refractivity (Wildman–Crippen MR) is 107 cm³/mol. The van der Waals surface area contributed by atoms with Crippen molar-refractivity contribution in [3.8, 4) is 11.5 Å². The normalized spacial score (nSPS) is 16.6. The highest BCUT2D eigenvalue weighted by atomic mass is 28.3. The summed E-state index contributed by atoms with van der Waals surface area (Å²) in [4.78, 5) is 0. The fourth-order valence-corrected chi connectivity index (χ4v) is 4.07. The SMILES string of the molecule is C[Si](C)(C)C#CC1(C(c2cc(F)ccc2F)n2cc3ccccc3n2)CC1. The van der Waals surface area contributed by atoms with Crippen molar-refractivity contribution < 1.29 is 8.78 Å². The maximum atomic E-state index is 14.7. The maximum Gasteiger partial charge on any atom is 0.129 e. The van der Waals surface area contributed by atoms with Crippen LogP contribution in [0.1, 0.15) is 24.4 Å². The average molecular weight is 381 g/mol. The molecule has 2 nitrogen and oxygen atoms in total. The first-order valence-corrected chi connectivity index (χ1v) is 12.7. The summed E-state index contributed by atoms with van der Waals surface area (Å²) >= 11 is 0. The molecule has 3 aromatic rings. The molecule has 1 unspecified atom stereocenters. The lowest BCUT2D eigenvalue weighted by Crippen LogP contribution is -2.24. The number of aromatic nitrogens is 2. The molecule has 0 aliphatic heterocycles. The highest BCUT2D eigenvalue weighted by Gasteiger charge is 2.51. The van der Waals surface area contributed by atoms with E-state index in [0.717, 1.165) is 29.8 Å². The minimum atomic E-state index is -1.59. The first kappa shape index (κ1) is 17.9. The van der Waals surface area contributed by atoms with E-state index in [2.05, 4.69) is 36.2 Å². The van der Waals surface area contributed by atoms with Crippen molar-refractivity contribution in [3.63, 3.8) is 0 Å². The molecule has 1 fully saturated rings. The van der Waals surface area contributed by atoms with Crippen molar-refractivity contribution in [2.75, 3.05) is 0 Å². The van der Waals surface area contributed by atoms with Crippen LogP contribution in [0.4, 0.5) is 8.78 Å². The van der Waals surface area contributed by atoms with Crippen LogP contribution in [-0.4, -0.2) is 17.9 Å². The van der Waals surface area contributed by atoms with Gasteiger partial charge >= 0.3 is 0 Å². The summed E-state index contributed by atoms with van der Waals surface area (Å²) in [5, 5.41) is 5.66. The highest BCUT2D eigenvalue weighted by molar-refractivity contribution is 6.83. The minimum Gasteiger partial charge on any atom is -0.262 e. The average Bonchev–Trinajstić information content (AvgIpc) is 3.26. The van der Waals surface area contributed by atoms with Gasteiger partial charge in [0.25, 0.3) is 0 Å². The Morgan fingerprint density at radius 3 is 2.52 bits per heavy atom. The van der Waals surface area contributed by atoms with Gasteiger partial charge in [0, 0.05) is 17.1 Å². The molecule has 27 heavy (non-hydrogen) atoms. The van der Waals surface area contributed by atoms with E-state index in [4.69, 9.17) is 0 Å². The Labute approximate surface area is 159 Å². The van der Waals surface area contributed by atoms with Crippen LogP contribution in [0.5, 0.6) is 0 Å². The summed E-state index contributed by atoms with van der Waals surface area (Å²) in [6.07, 6.45) is 3.64. The van der Waals surface area contributed by atoms with Crippen molar-refractivity contribution >= 4 is 19.0 Å². The van der Waals surface area contributed by atoms with Crippen molar-refractivity contribution in [2.24, 2.45) is 5.41 Å². The van der Waals surface area contributed by atoms with Gasteiger partial charge in [0.05, 0.1) is 17.0 Å². The van der Waals surface area contributed by atoms with E-state index in [0.29, 0.717) is 5.56 Å². The van der Waals surface area contributed by atoms with Gasteiger partial charge in [0.1, 0.15) is 19.7 Å². The second-order valence-corrected chi connectivity index (χ2v) is 13.1. The second kappa shape index (κ2) is 6.31. The number of benzene rings is 2. The maximum absolute atomic E-state index is 14.7. The van der Waals surface area contributed by atoms with Crippen molar-refractivity contribution in [1.82, 2.24) is 9.78 Å². The van der Waals surface area contributed by atoms with E-state index in [-0.39, 0.29) is 0 Å². The zero-order chi connectivity index (χ0) is 19.2. The van der Waals surface area contributed by atoms with Gasteiger partial charge in [0.15, 0.2) is 0 Å². The molecule has 2 aromatic carbocycles. The van der Waals surface area contributed by atoms with Crippen molar-refractivity contribution in [2.45, 2.75) is 38.5 Å². The largest absolute Gasteiger partial charge is 0.262 e. The van der Waals surface area contributed by atoms with Crippen LogP contribution in [-0.2, 0) is 0 Å². The summed E-state index contributed by atoms with van der Waals surface area (Å²) in [6.45, 7) is 6.57. The third kappa shape index (κ3) is 3.54. The number of fused-ring (bicyclic) bond motifs is 1. The summed E-state index contributed by atoms with van der Waals surface area (Å²) in [5.74, 6) is 2.60.